The number of nitrogens with two attached hydrogens (primary N) is 1. The largest absolute Gasteiger partial charge is 0.441 e. The van der Waals surface area contributed by atoms with Crippen molar-refractivity contribution >= 4 is 11.8 Å². The molecule has 0 aliphatic heterocycles. The number of aryl methyl sites for hydroxylation is 1. The number of carbonyl (C=O) groups excluding carboxylic acids is 1. The van der Waals surface area contributed by atoms with Gasteiger partial charge < -0.3 is 15.4 Å². The van der Waals surface area contributed by atoms with Crippen LogP contribution in [0.3, 0.4) is 0 Å². The highest BCUT2D eigenvalue weighted by Crippen LogP contribution is 2.46. The summed E-state index contributed by atoms with van der Waals surface area (Å²) in [5, 5.41) is 0. The third kappa shape index (κ3) is 3.48. The number of carbonyl (C=O) groups is 1. The first-order valence-corrected chi connectivity index (χ1v) is 8.64. The van der Waals surface area contributed by atoms with E-state index in [9.17, 15) is 4.79 Å². The van der Waals surface area contributed by atoms with Crippen LogP contribution < -0.4 is 10.6 Å². The molecule has 1 amide bonds. The molecular formula is C21H26N2O2. The summed E-state index contributed by atoms with van der Waals surface area (Å²) in [7, 11) is 4.08. The van der Waals surface area contributed by atoms with Crippen LogP contribution in [0.5, 0.6) is 0 Å². The number of nitrogens with zero attached hydrogens (tertiary/aromatic N) is 1. The molecule has 0 saturated heterocycles. The topological polar surface area (TPSA) is 55.6 Å². The third-order valence-corrected chi connectivity index (χ3v) is 5.10. The summed E-state index contributed by atoms with van der Waals surface area (Å²) >= 11 is 0. The number of benzene rings is 2. The first-order valence-electron chi connectivity index (χ1n) is 8.64. The van der Waals surface area contributed by atoms with E-state index in [2.05, 4.69) is 61.2 Å². The molecule has 4 heteroatoms. The molecule has 1 atom stereocenters. The molecule has 0 radical (unpaired) electrons. The molecule has 0 aromatic heterocycles. The van der Waals surface area contributed by atoms with Gasteiger partial charge in [0.25, 0.3) is 0 Å². The minimum absolute atomic E-state index is 0.117. The maximum absolute atomic E-state index is 11.4. The zero-order chi connectivity index (χ0) is 18.2. The van der Waals surface area contributed by atoms with Crippen LogP contribution >= 0.6 is 0 Å². The van der Waals surface area contributed by atoms with Gasteiger partial charge in [-0.2, -0.15) is 0 Å². The fourth-order valence-corrected chi connectivity index (χ4v) is 3.57. The lowest BCUT2D eigenvalue weighted by Crippen LogP contribution is -2.33. The smallest absolute Gasteiger partial charge is 0.405 e. The molecule has 4 nitrogen and oxygen atoms in total. The highest BCUT2D eigenvalue weighted by atomic mass is 16.6. The summed E-state index contributed by atoms with van der Waals surface area (Å²) in [4.78, 5) is 13.4. The van der Waals surface area contributed by atoms with E-state index >= 15 is 0 Å². The molecule has 2 aromatic rings. The van der Waals surface area contributed by atoms with Gasteiger partial charge in [-0.3, -0.25) is 0 Å². The van der Waals surface area contributed by atoms with E-state index in [1.54, 1.807) is 0 Å². The summed E-state index contributed by atoms with van der Waals surface area (Å²) in [6.07, 6.45) is 0.922. The highest BCUT2D eigenvalue weighted by Gasteiger charge is 2.38. The van der Waals surface area contributed by atoms with E-state index in [4.69, 9.17) is 10.5 Å². The van der Waals surface area contributed by atoms with Gasteiger partial charge in [0, 0.05) is 25.2 Å². The van der Waals surface area contributed by atoms with Gasteiger partial charge in [0.15, 0.2) is 0 Å². The average Bonchev–Trinajstić information content (AvgIpc) is 2.57. The van der Waals surface area contributed by atoms with E-state index in [1.165, 1.54) is 22.4 Å². The summed E-state index contributed by atoms with van der Waals surface area (Å²) in [5.41, 5.74) is 11.0. The Kier molecular flexibility index (Phi) is 4.46. The molecule has 0 saturated carbocycles. The Morgan fingerprint density at radius 1 is 1.16 bits per heavy atom. The number of hydrogen-bond donors (Lipinski definition) is 1. The number of amides is 1. The van der Waals surface area contributed by atoms with E-state index < -0.39 is 6.09 Å². The number of ether oxygens (including phenoxy) is 1. The van der Waals surface area contributed by atoms with Crippen LogP contribution in [0.4, 0.5) is 10.5 Å². The van der Waals surface area contributed by atoms with E-state index in [1.807, 2.05) is 14.1 Å². The lowest BCUT2D eigenvalue weighted by atomic mass is 9.71. The Labute approximate surface area is 149 Å². The maximum Gasteiger partial charge on any atom is 0.405 e. The van der Waals surface area contributed by atoms with Crippen LogP contribution in [0.1, 0.15) is 37.5 Å². The van der Waals surface area contributed by atoms with Gasteiger partial charge in [-0.1, -0.05) is 44.2 Å². The second-order valence-electron chi connectivity index (χ2n) is 7.66. The van der Waals surface area contributed by atoms with Crippen molar-refractivity contribution in [2.45, 2.75) is 32.8 Å². The van der Waals surface area contributed by atoms with Crippen LogP contribution in [0.2, 0.25) is 0 Å². The predicted molar refractivity (Wildman–Crippen MR) is 102 cm³/mol. The van der Waals surface area contributed by atoms with Crippen molar-refractivity contribution in [1.29, 1.82) is 0 Å². The van der Waals surface area contributed by atoms with Crippen molar-refractivity contribution in [1.82, 2.24) is 0 Å². The second-order valence-corrected chi connectivity index (χ2v) is 7.66. The molecule has 0 bridgehead atoms. The fourth-order valence-electron chi connectivity index (χ4n) is 3.57. The number of primary amides is 1. The van der Waals surface area contributed by atoms with Gasteiger partial charge in [-0.05, 0) is 47.2 Å². The first-order chi connectivity index (χ1) is 11.8. The molecule has 25 heavy (non-hydrogen) atoms. The number of hydrogen-bond acceptors (Lipinski definition) is 3. The van der Waals surface area contributed by atoms with Gasteiger partial charge in [-0.25, -0.2) is 4.79 Å². The summed E-state index contributed by atoms with van der Waals surface area (Å²) < 4.78 is 5.46. The van der Waals surface area contributed by atoms with Crippen molar-refractivity contribution in [2.24, 2.45) is 11.1 Å². The number of rotatable bonds is 3. The second kappa shape index (κ2) is 6.43. The summed E-state index contributed by atoms with van der Waals surface area (Å²) in [6.45, 7) is 4.25. The van der Waals surface area contributed by atoms with Crippen LogP contribution in [0, 0.1) is 5.41 Å². The summed E-state index contributed by atoms with van der Waals surface area (Å²) in [5.74, 6) is 0. The molecule has 1 aliphatic rings. The Hall–Kier alpha value is -2.49. The Morgan fingerprint density at radius 2 is 1.88 bits per heavy atom. The van der Waals surface area contributed by atoms with Crippen molar-refractivity contribution in [3.8, 4) is 11.1 Å². The fraction of sp³-hybridized carbons (Fsp3) is 0.381. The van der Waals surface area contributed by atoms with Crippen molar-refractivity contribution in [2.75, 3.05) is 19.0 Å². The zero-order valence-electron chi connectivity index (χ0n) is 15.4. The van der Waals surface area contributed by atoms with Crippen LogP contribution in [0.15, 0.2) is 42.5 Å². The van der Waals surface area contributed by atoms with Crippen molar-refractivity contribution < 1.29 is 9.53 Å². The van der Waals surface area contributed by atoms with Crippen molar-refractivity contribution in [3.63, 3.8) is 0 Å². The van der Waals surface area contributed by atoms with E-state index in [-0.39, 0.29) is 11.5 Å². The average molecular weight is 338 g/mol. The molecule has 1 unspecified atom stereocenters. The molecular weight excluding hydrogens is 312 g/mol. The molecule has 1 aliphatic carbocycles. The first kappa shape index (κ1) is 17.3. The van der Waals surface area contributed by atoms with Crippen LogP contribution in [0.25, 0.3) is 11.1 Å². The summed E-state index contributed by atoms with van der Waals surface area (Å²) in [6, 6.07) is 14.9. The normalized spacial score (nSPS) is 18.3. The van der Waals surface area contributed by atoms with Gasteiger partial charge in [0.1, 0.15) is 6.10 Å². The molecule has 3 rings (SSSR count). The van der Waals surface area contributed by atoms with E-state index in [0.29, 0.717) is 0 Å². The van der Waals surface area contributed by atoms with Crippen molar-refractivity contribution in [3.05, 3.63) is 53.6 Å². The van der Waals surface area contributed by atoms with Crippen LogP contribution in [-0.2, 0) is 11.2 Å². The predicted octanol–water partition coefficient (Wildman–Crippen LogP) is 4.53. The lowest BCUT2D eigenvalue weighted by molar-refractivity contribution is 0.0147. The molecule has 2 aromatic carbocycles. The highest BCUT2D eigenvalue weighted by molar-refractivity contribution is 5.70. The van der Waals surface area contributed by atoms with Crippen LogP contribution in [-0.4, -0.2) is 20.2 Å². The van der Waals surface area contributed by atoms with Gasteiger partial charge in [-0.15, -0.1) is 0 Å². The Balaban J connectivity index is 2.00. The molecule has 0 spiro atoms. The van der Waals surface area contributed by atoms with E-state index in [0.717, 1.165) is 18.4 Å². The monoisotopic (exact) mass is 338 g/mol. The lowest BCUT2D eigenvalue weighted by Gasteiger charge is -2.39. The van der Waals surface area contributed by atoms with Gasteiger partial charge in [0.05, 0.1) is 0 Å². The minimum atomic E-state index is -0.714. The standard InChI is InChI=1S/C21H26N2O2/c1-21(2)11-10-16-12-15(8-9-18(16)19(21)25-20(22)24)14-6-5-7-17(13-14)23(3)4/h5-9,12-13,19H,10-11H2,1-4H3,(H2,22,24). The Bertz CT molecular complexity index is 796. The maximum atomic E-state index is 11.4. The number of anilines is 1. The molecule has 2 N–H and O–H groups in total. The molecule has 0 heterocycles. The number of fused-ring (bicyclic) bond motifs is 1. The zero-order valence-corrected chi connectivity index (χ0v) is 15.4. The quantitative estimate of drug-likeness (QED) is 0.894. The third-order valence-electron chi connectivity index (χ3n) is 5.10. The van der Waals surface area contributed by atoms with Gasteiger partial charge in [0.2, 0.25) is 0 Å². The minimum Gasteiger partial charge on any atom is -0.441 e. The van der Waals surface area contributed by atoms with Gasteiger partial charge >= 0.3 is 6.09 Å². The molecule has 132 valence electrons. The molecule has 0 fully saturated rings. The SMILES string of the molecule is CN(C)c1cccc(-c2ccc3c(c2)CCC(C)(C)C3OC(N)=O)c1. The Morgan fingerprint density at radius 3 is 2.56 bits per heavy atom.